The highest BCUT2D eigenvalue weighted by atomic mass is 35.5. The van der Waals surface area contributed by atoms with Gasteiger partial charge in [-0.15, -0.1) is 16.7 Å². The molecule has 11 heavy (non-hydrogen) atoms. The molecule has 0 aliphatic heterocycles. The number of hydrogen-bond donors (Lipinski definition) is 0. The van der Waals surface area contributed by atoms with Crippen LogP contribution in [0.2, 0.25) is 0 Å². The van der Waals surface area contributed by atoms with Crippen molar-refractivity contribution < 1.29 is 0 Å². The van der Waals surface area contributed by atoms with Gasteiger partial charge in [0, 0.05) is 0 Å². The molecule has 0 radical (unpaired) electrons. The Labute approximate surface area is 70.3 Å². The smallest absolute Gasteiger partial charge is 0.100 e. The summed E-state index contributed by atoms with van der Waals surface area (Å²) in [6, 6.07) is 0.603. The molecule has 0 aromatic carbocycles. The van der Waals surface area contributed by atoms with Crippen molar-refractivity contribution in [2.45, 2.75) is 31.2 Å². The van der Waals surface area contributed by atoms with Gasteiger partial charge in [0.2, 0.25) is 0 Å². The second-order valence-corrected chi connectivity index (χ2v) is 3.63. The number of aromatic nitrogens is 3. The fraction of sp³-hybridized carbons (Fsp3) is 0.714. The topological polar surface area (TPSA) is 30.7 Å². The van der Waals surface area contributed by atoms with Gasteiger partial charge in [-0.2, -0.15) is 0 Å². The van der Waals surface area contributed by atoms with Crippen LogP contribution in [0.25, 0.3) is 0 Å². The number of hydrogen-bond acceptors (Lipinski definition) is 2. The summed E-state index contributed by atoms with van der Waals surface area (Å²) >= 11 is 5.83. The van der Waals surface area contributed by atoms with Crippen molar-refractivity contribution in [1.29, 1.82) is 0 Å². The van der Waals surface area contributed by atoms with Gasteiger partial charge in [0.15, 0.2) is 0 Å². The Kier molecular flexibility index (Phi) is 1.60. The molecular formula is C7H10ClN3. The molecule has 1 unspecified atom stereocenters. The Balaban J connectivity index is 2.18. The number of halogens is 1. The summed E-state index contributed by atoms with van der Waals surface area (Å²) in [4.78, 5) is 0. The lowest BCUT2D eigenvalue weighted by Gasteiger charge is -1.93. The van der Waals surface area contributed by atoms with Crippen molar-refractivity contribution in [3.8, 4) is 0 Å². The van der Waals surface area contributed by atoms with Crippen molar-refractivity contribution in [3.63, 3.8) is 0 Å². The molecule has 1 aliphatic carbocycles. The summed E-state index contributed by atoms with van der Waals surface area (Å²) in [6.45, 7) is 1.91. The van der Waals surface area contributed by atoms with Crippen molar-refractivity contribution in [2.75, 3.05) is 0 Å². The summed E-state index contributed by atoms with van der Waals surface area (Å²) in [5, 5.41) is 7.91. The quantitative estimate of drug-likeness (QED) is 0.637. The number of nitrogens with zero attached hydrogens (tertiary/aromatic N) is 3. The predicted octanol–water partition coefficient (Wildman–Crippen LogP) is 1.91. The summed E-state index contributed by atoms with van der Waals surface area (Å²) in [5.74, 6) is 0. The van der Waals surface area contributed by atoms with Crippen LogP contribution >= 0.6 is 11.6 Å². The van der Waals surface area contributed by atoms with Crippen LogP contribution < -0.4 is 0 Å². The van der Waals surface area contributed by atoms with Gasteiger partial charge in [-0.1, -0.05) is 5.21 Å². The lowest BCUT2D eigenvalue weighted by Crippen LogP contribution is -1.93. The van der Waals surface area contributed by atoms with Gasteiger partial charge in [-0.25, -0.2) is 4.68 Å². The highest BCUT2D eigenvalue weighted by molar-refractivity contribution is 6.20. The van der Waals surface area contributed by atoms with E-state index >= 15 is 0 Å². The minimum Gasteiger partial charge on any atom is -0.249 e. The maximum atomic E-state index is 5.83. The first kappa shape index (κ1) is 7.10. The largest absolute Gasteiger partial charge is 0.249 e. The van der Waals surface area contributed by atoms with Gasteiger partial charge in [0.25, 0.3) is 0 Å². The van der Waals surface area contributed by atoms with Crippen LogP contribution in [0, 0.1) is 0 Å². The Morgan fingerprint density at radius 3 is 2.91 bits per heavy atom. The molecule has 1 aromatic heterocycles. The Hall–Kier alpha value is -0.570. The van der Waals surface area contributed by atoms with E-state index in [2.05, 4.69) is 10.3 Å². The van der Waals surface area contributed by atoms with E-state index in [1.54, 1.807) is 0 Å². The average molecular weight is 172 g/mol. The minimum absolute atomic E-state index is 0.0255. The van der Waals surface area contributed by atoms with Crippen LogP contribution in [0.5, 0.6) is 0 Å². The molecule has 60 valence electrons. The summed E-state index contributed by atoms with van der Waals surface area (Å²) in [7, 11) is 0. The van der Waals surface area contributed by atoms with E-state index in [9.17, 15) is 0 Å². The van der Waals surface area contributed by atoms with Crippen LogP contribution in [0.4, 0.5) is 0 Å². The van der Waals surface area contributed by atoms with Gasteiger partial charge >= 0.3 is 0 Å². The van der Waals surface area contributed by atoms with Gasteiger partial charge in [0.1, 0.15) is 5.69 Å². The third-order valence-electron chi connectivity index (χ3n) is 1.86. The summed E-state index contributed by atoms with van der Waals surface area (Å²) in [6.07, 6.45) is 4.41. The van der Waals surface area contributed by atoms with Crippen molar-refractivity contribution in [1.82, 2.24) is 15.0 Å². The third kappa shape index (κ3) is 1.38. The molecule has 0 bridgehead atoms. The standard InChI is InChI=1S/C7H10ClN3/c1-5(8)7-4-11(10-9-7)6-2-3-6/h4-6H,2-3H2,1H3. The van der Waals surface area contributed by atoms with E-state index in [1.807, 2.05) is 17.8 Å². The Bertz CT molecular complexity index is 235. The van der Waals surface area contributed by atoms with E-state index in [4.69, 9.17) is 11.6 Å². The first-order valence-corrected chi connectivity index (χ1v) is 4.27. The molecule has 1 atom stereocenters. The molecule has 0 saturated heterocycles. The molecule has 1 saturated carbocycles. The predicted molar refractivity (Wildman–Crippen MR) is 42.6 cm³/mol. The van der Waals surface area contributed by atoms with Gasteiger partial charge in [-0.05, 0) is 19.8 Å². The summed E-state index contributed by atoms with van der Waals surface area (Å²) < 4.78 is 1.91. The van der Waals surface area contributed by atoms with E-state index in [0.29, 0.717) is 6.04 Å². The summed E-state index contributed by atoms with van der Waals surface area (Å²) in [5.41, 5.74) is 0.874. The maximum absolute atomic E-state index is 5.83. The van der Waals surface area contributed by atoms with Gasteiger partial charge < -0.3 is 0 Å². The zero-order chi connectivity index (χ0) is 7.84. The van der Waals surface area contributed by atoms with Crippen molar-refractivity contribution in [3.05, 3.63) is 11.9 Å². The SMILES string of the molecule is CC(Cl)c1cn(C2CC2)nn1. The van der Waals surface area contributed by atoms with Crippen LogP contribution in [-0.2, 0) is 0 Å². The molecule has 1 fully saturated rings. The first-order valence-electron chi connectivity index (χ1n) is 3.83. The molecule has 0 N–H and O–H groups in total. The second kappa shape index (κ2) is 2.48. The fourth-order valence-corrected chi connectivity index (χ4v) is 1.09. The van der Waals surface area contributed by atoms with Crippen LogP contribution in [0.15, 0.2) is 6.20 Å². The Morgan fingerprint density at radius 2 is 2.45 bits per heavy atom. The molecule has 1 aliphatic rings. The molecule has 1 aromatic rings. The molecule has 3 nitrogen and oxygen atoms in total. The third-order valence-corrected chi connectivity index (χ3v) is 2.08. The molecule has 0 spiro atoms. The van der Waals surface area contributed by atoms with Gasteiger partial charge in [-0.3, -0.25) is 0 Å². The monoisotopic (exact) mass is 171 g/mol. The first-order chi connectivity index (χ1) is 5.27. The minimum atomic E-state index is -0.0255. The van der Waals surface area contributed by atoms with Crippen LogP contribution in [0.1, 0.15) is 36.9 Å². The number of alkyl halides is 1. The Morgan fingerprint density at radius 1 is 1.73 bits per heavy atom. The van der Waals surface area contributed by atoms with E-state index < -0.39 is 0 Å². The number of rotatable bonds is 2. The zero-order valence-corrected chi connectivity index (χ0v) is 7.12. The molecule has 1 heterocycles. The molecular weight excluding hydrogens is 162 g/mol. The lowest BCUT2D eigenvalue weighted by molar-refractivity contribution is 0.610. The average Bonchev–Trinajstić information content (AvgIpc) is 2.68. The second-order valence-electron chi connectivity index (χ2n) is 2.97. The highest BCUT2D eigenvalue weighted by Gasteiger charge is 2.25. The van der Waals surface area contributed by atoms with Crippen LogP contribution in [-0.4, -0.2) is 15.0 Å². The molecule has 4 heteroatoms. The van der Waals surface area contributed by atoms with Crippen LogP contribution in [0.3, 0.4) is 0 Å². The van der Waals surface area contributed by atoms with Crippen molar-refractivity contribution >= 4 is 11.6 Å². The lowest BCUT2D eigenvalue weighted by atomic mass is 10.4. The molecule has 2 rings (SSSR count). The highest BCUT2D eigenvalue weighted by Crippen LogP contribution is 2.34. The van der Waals surface area contributed by atoms with Gasteiger partial charge in [0.05, 0.1) is 17.6 Å². The zero-order valence-electron chi connectivity index (χ0n) is 6.37. The molecule has 0 amide bonds. The normalized spacial score (nSPS) is 20.2. The van der Waals surface area contributed by atoms with Crippen molar-refractivity contribution in [2.24, 2.45) is 0 Å². The van der Waals surface area contributed by atoms with E-state index in [-0.39, 0.29) is 5.38 Å². The van der Waals surface area contributed by atoms with E-state index in [1.165, 1.54) is 12.8 Å². The maximum Gasteiger partial charge on any atom is 0.100 e. The fourth-order valence-electron chi connectivity index (χ4n) is 0.990. The van der Waals surface area contributed by atoms with E-state index in [0.717, 1.165) is 5.69 Å².